The molecule has 5 nitrogen and oxygen atoms in total. The van der Waals surface area contributed by atoms with Gasteiger partial charge in [0.25, 0.3) is 5.56 Å². The Hall–Kier alpha value is -3.21. The third-order valence-corrected chi connectivity index (χ3v) is 4.79. The molecule has 0 aliphatic rings. The van der Waals surface area contributed by atoms with Gasteiger partial charge in [0.2, 0.25) is 0 Å². The predicted molar refractivity (Wildman–Crippen MR) is 103 cm³/mol. The number of fused-ring (bicyclic) bond motifs is 1. The zero-order chi connectivity index (χ0) is 18.3. The first-order valence-electron chi connectivity index (χ1n) is 8.60. The van der Waals surface area contributed by atoms with Crippen molar-refractivity contribution >= 4 is 11.0 Å². The average molecular weight is 344 g/mol. The quantitative estimate of drug-likeness (QED) is 0.571. The number of hydrogen-bond acceptors (Lipinski definition) is 3. The number of aromatic nitrogens is 4. The van der Waals surface area contributed by atoms with Gasteiger partial charge in [0.15, 0.2) is 5.65 Å². The lowest BCUT2D eigenvalue weighted by atomic mass is 10.1. The van der Waals surface area contributed by atoms with Crippen molar-refractivity contribution in [2.24, 2.45) is 0 Å². The molecule has 2 aromatic heterocycles. The average Bonchev–Trinajstić information content (AvgIpc) is 3.04. The molecule has 0 N–H and O–H groups in total. The molecular weight excluding hydrogens is 324 g/mol. The molecule has 4 aromatic rings. The summed E-state index contributed by atoms with van der Waals surface area (Å²) < 4.78 is 3.38. The molecule has 0 bridgehead atoms. The number of benzene rings is 2. The van der Waals surface area contributed by atoms with Crippen molar-refractivity contribution in [3.8, 4) is 5.69 Å². The first kappa shape index (κ1) is 16.3. The van der Waals surface area contributed by atoms with Crippen LogP contribution in [0, 0.1) is 20.8 Å². The Balaban J connectivity index is 1.81. The zero-order valence-electron chi connectivity index (χ0n) is 15.1. The first-order valence-corrected chi connectivity index (χ1v) is 8.60. The summed E-state index contributed by atoms with van der Waals surface area (Å²) in [6.45, 7) is 6.66. The number of nitrogens with zero attached hydrogens (tertiary/aromatic N) is 4. The van der Waals surface area contributed by atoms with Crippen LogP contribution in [0.1, 0.15) is 22.3 Å². The Bertz CT molecular complexity index is 1170. The van der Waals surface area contributed by atoms with Crippen LogP contribution in [-0.2, 0) is 6.54 Å². The third kappa shape index (κ3) is 2.71. The van der Waals surface area contributed by atoms with Gasteiger partial charge in [-0.15, -0.1) is 0 Å². The summed E-state index contributed by atoms with van der Waals surface area (Å²) >= 11 is 0. The van der Waals surface area contributed by atoms with E-state index < -0.39 is 0 Å². The summed E-state index contributed by atoms with van der Waals surface area (Å²) in [5, 5.41) is 4.96. The first-order chi connectivity index (χ1) is 12.5. The minimum atomic E-state index is -0.0759. The van der Waals surface area contributed by atoms with Crippen LogP contribution in [0.15, 0.2) is 59.8 Å². The van der Waals surface area contributed by atoms with E-state index in [1.807, 2.05) is 37.3 Å². The molecule has 0 atom stereocenters. The molecule has 2 heterocycles. The summed E-state index contributed by atoms with van der Waals surface area (Å²) in [7, 11) is 0. The van der Waals surface area contributed by atoms with Gasteiger partial charge in [-0.05, 0) is 43.5 Å². The fraction of sp³-hybridized carbons (Fsp3) is 0.190. The molecule has 2 aromatic carbocycles. The van der Waals surface area contributed by atoms with Crippen LogP contribution in [0.25, 0.3) is 16.7 Å². The van der Waals surface area contributed by atoms with Crippen molar-refractivity contribution in [3.05, 3.63) is 87.6 Å². The maximum atomic E-state index is 12.9. The van der Waals surface area contributed by atoms with Gasteiger partial charge in [0.05, 0.1) is 18.4 Å². The van der Waals surface area contributed by atoms with Crippen molar-refractivity contribution in [2.45, 2.75) is 27.3 Å². The van der Waals surface area contributed by atoms with Crippen molar-refractivity contribution in [1.82, 2.24) is 19.3 Å². The van der Waals surface area contributed by atoms with Crippen molar-refractivity contribution < 1.29 is 0 Å². The molecule has 130 valence electrons. The second kappa shape index (κ2) is 6.26. The monoisotopic (exact) mass is 344 g/mol. The van der Waals surface area contributed by atoms with Gasteiger partial charge < -0.3 is 0 Å². The van der Waals surface area contributed by atoms with E-state index in [1.165, 1.54) is 11.1 Å². The summed E-state index contributed by atoms with van der Waals surface area (Å²) in [4.78, 5) is 17.4. The molecule has 0 unspecified atom stereocenters. The SMILES string of the molecule is Cc1cccc(Cn2cnc3c(cnn3-c3cccc(C)c3C)c2=O)c1. The minimum absolute atomic E-state index is 0.0759. The second-order valence-corrected chi connectivity index (χ2v) is 6.68. The fourth-order valence-electron chi connectivity index (χ4n) is 3.21. The van der Waals surface area contributed by atoms with Crippen LogP contribution in [0.4, 0.5) is 0 Å². The molecule has 5 heteroatoms. The number of aryl methyl sites for hydroxylation is 2. The minimum Gasteiger partial charge on any atom is -0.294 e. The number of hydrogen-bond donors (Lipinski definition) is 0. The summed E-state index contributed by atoms with van der Waals surface area (Å²) in [6.07, 6.45) is 3.22. The van der Waals surface area contributed by atoms with Gasteiger partial charge in [0.1, 0.15) is 11.7 Å². The van der Waals surface area contributed by atoms with Crippen LogP contribution in [0.5, 0.6) is 0 Å². The van der Waals surface area contributed by atoms with E-state index in [1.54, 1.807) is 21.8 Å². The van der Waals surface area contributed by atoms with Crippen LogP contribution in [-0.4, -0.2) is 19.3 Å². The van der Waals surface area contributed by atoms with E-state index in [4.69, 9.17) is 0 Å². The van der Waals surface area contributed by atoms with Gasteiger partial charge in [-0.1, -0.05) is 42.0 Å². The lowest BCUT2D eigenvalue weighted by molar-refractivity contribution is 0.745. The van der Waals surface area contributed by atoms with Crippen LogP contribution >= 0.6 is 0 Å². The Kier molecular flexibility index (Phi) is 3.92. The lowest BCUT2D eigenvalue weighted by Gasteiger charge is -2.10. The highest BCUT2D eigenvalue weighted by Crippen LogP contribution is 2.20. The van der Waals surface area contributed by atoms with Crippen molar-refractivity contribution in [3.63, 3.8) is 0 Å². The van der Waals surface area contributed by atoms with Crippen LogP contribution in [0.3, 0.4) is 0 Å². The summed E-state index contributed by atoms with van der Waals surface area (Å²) in [6, 6.07) is 14.2. The Morgan fingerprint density at radius 1 is 1.04 bits per heavy atom. The number of rotatable bonds is 3. The van der Waals surface area contributed by atoms with Crippen molar-refractivity contribution in [1.29, 1.82) is 0 Å². The topological polar surface area (TPSA) is 52.7 Å². The van der Waals surface area contributed by atoms with Gasteiger partial charge in [-0.3, -0.25) is 9.36 Å². The van der Waals surface area contributed by atoms with E-state index in [-0.39, 0.29) is 5.56 Å². The standard InChI is InChI=1S/C21H20N4O/c1-14-6-4-8-17(10-14)12-24-13-22-20-18(21(24)26)11-23-25(20)19-9-5-7-15(2)16(19)3/h4-11,13H,12H2,1-3H3. The van der Waals surface area contributed by atoms with E-state index >= 15 is 0 Å². The molecule has 0 radical (unpaired) electrons. The molecule has 4 rings (SSSR count). The Morgan fingerprint density at radius 3 is 2.65 bits per heavy atom. The normalized spacial score (nSPS) is 11.2. The molecule has 0 fully saturated rings. The smallest absolute Gasteiger partial charge is 0.264 e. The van der Waals surface area contributed by atoms with Gasteiger partial charge in [-0.25, -0.2) is 9.67 Å². The van der Waals surface area contributed by atoms with Crippen molar-refractivity contribution in [2.75, 3.05) is 0 Å². The fourth-order valence-corrected chi connectivity index (χ4v) is 3.21. The highest BCUT2D eigenvalue weighted by molar-refractivity contribution is 5.75. The van der Waals surface area contributed by atoms with Gasteiger partial charge in [-0.2, -0.15) is 5.10 Å². The Labute approximate surface area is 151 Å². The zero-order valence-corrected chi connectivity index (χ0v) is 15.1. The predicted octanol–water partition coefficient (Wildman–Crippen LogP) is 3.56. The highest BCUT2D eigenvalue weighted by Gasteiger charge is 2.13. The second-order valence-electron chi connectivity index (χ2n) is 6.68. The van der Waals surface area contributed by atoms with E-state index in [2.05, 4.69) is 36.1 Å². The summed E-state index contributed by atoms with van der Waals surface area (Å²) in [5.74, 6) is 0. The largest absolute Gasteiger partial charge is 0.294 e. The maximum Gasteiger partial charge on any atom is 0.264 e. The van der Waals surface area contributed by atoms with E-state index in [0.717, 1.165) is 16.8 Å². The molecule has 0 amide bonds. The molecule has 26 heavy (non-hydrogen) atoms. The molecule has 0 spiro atoms. The summed E-state index contributed by atoms with van der Waals surface area (Å²) in [5.41, 5.74) is 6.02. The molecule has 0 saturated heterocycles. The highest BCUT2D eigenvalue weighted by atomic mass is 16.1. The van der Waals surface area contributed by atoms with E-state index in [0.29, 0.717) is 17.6 Å². The van der Waals surface area contributed by atoms with Crippen LogP contribution in [0.2, 0.25) is 0 Å². The molecule has 0 saturated carbocycles. The molecular formula is C21H20N4O. The van der Waals surface area contributed by atoms with Crippen LogP contribution < -0.4 is 5.56 Å². The lowest BCUT2D eigenvalue weighted by Crippen LogP contribution is -2.21. The third-order valence-electron chi connectivity index (χ3n) is 4.79. The van der Waals surface area contributed by atoms with Gasteiger partial charge in [0, 0.05) is 0 Å². The van der Waals surface area contributed by atoms with E-state index in [9.17, 15) is 4.79 Å². The molecule has 0 aliphatic heterocycles. The van der Waals surface area contributed by atoms with Gasteiger partial charge >= 0.3 is 0 Å². The maximum absolute atomic E-state index is 12.9. The Morgan fingerprint density at radius 2 is 1.85 bits per heavy atom. The molecule has 0 aliphatic carbocycles.